The first-order valence-electron chi connectivity index (χ1n) is 6.30. The van der Waals surface area contributed by atoms with Crippen LogP contribution in [0.5, 0.6) is 5.75 Å². The lowest BCUT2D eigenvalue weighted by atomic mass is 10.1. The summed E-state index contributed by atoms with van der Waals surface area (Å²) in [7, 11) is 0. The van der Waals surface area contributed by atoms with E-state index in [1.54, 1.807) is 24.3 Å². The number of carbonyl (C=O) groups is 2. The summed E-state index contributed by atoms with van der Waals surface area (Å²) in [4.78, 5) is 25.1. The molecule has 0 aliphatic carbocycles. The quantitative estimate of drug-likeness (QED) is 0.587. The Kier molecular flexibility index (Phi) is 4.37. The van der Waals surface area contributed by atoms with Crippen LogP contribution in [0.2, 0.25) is 0 Å². The van der Waals surface area contributed by atoms with Crippen molar-refractivity contribution in [3.63, 3.8) is 0 Å². The first-order chi connectivity index (χ1) is 9.63. The minimum atomic E-state index is -0.826. The third-order valence-electron chi connectivity index (χ3n) is 2.96. The summed E-state index contributed by atoms with van der Waals surface area (Å²) in [6, 6.07) is 7.07. The molecule has 0 fully saturated rings. The fourth-order valence-electron chi connectivity index (χ4n) is 2.00. The molecule has 1 heterocycles. The maximum Gasteiger partial charge on any atom is 0.260 e. The smallest absolute Gasteiger partial charge is 0.260 e. The highest BCUT2D eigenvalue weighted by molar-refractivity contribution is 5.98. The highest BCUT2D eigenvalue weighted by Crippen LogP contribution is 2.32. The molecule has 0 aromatic heterocycles. The van der Waals surface area contributed by atoms with Crippen LogP contribution in [-0.2, 0) is 9.59 Å². The predicted molar refractivity (Wildman–Crippen MR) is 75.5 cm³/mol. The number of nitrogens with zero attached hydrogens (tertiary/aromatic N) is 1. The largest absolute Gasteiger partial charge is 0.477 e. The number of hydrogen-bond acceptors (Lipinski definition) is 4. The van der Waals surface area contributed by atoms with Crippen LogP contribution in [0.25, 0.3) is 0 Å². The molecule has 2 rings (SSSR count). The normalized spacial score (nSPS) is 17.0. The Balaban J connectivity index is 2.20. The van der Waals surface area contributed by atoms with Gasteiger partial charge < -0.3 is 20.7 Å². The molecule has 1 atom stereocenters. The molecule has 2 amide bonds. The summed E-state index contributed by atoms with van der Waals surface area (Å²) in [5.74, 6) is -0.246. The van der Waals surface area contributed by atoms with Crippen molar-refractivity contribution >= 4 is 17.5 Å². The molecule has 1 unspecified atom stereocenters. The molecule has 0 spiro atoms. The van der Waals surface area contributed by atoms with Crippen molar-refractivity contribution in [2.24, 2.45) is 5.73 Å². The zero-order chi connectivity index (χ0) is 14.5. The van der Waals surface area contributed by atoms with Crippen molar-refractivity contribution in [3.8, 4) is 5.75 Å². The van der Waals surface area contributed by atoms with Crippen LogP contribution in [-0.4, -0.2) is 37.6 Å². The molecule has 6 heteroatoms. The number of nitrogens with one attached hydrogen (secondary N) is 1. The molecule has 1 aliphatic heterocycles. The summed E-state index contributed by atoms with van der Waals surface area (Å²) in [6.45, 7) is 4.40. The lowest BCUT2D eigenvalue weighted by molar-refractivity contribution is -0.125. The molecule has 0 saturated carbocycles. The van der Waals surface area contributed by atoms with Gasteiger partial charge in [0.25, 0.3) is 5.91 Å². The van der Waals surface area contributed by atoms with E-state index in [1.807, 2.05) is 6.07 Å². The second kappa shape index (κ2) is 6.21. The number of rotatable bonds is 5. The van der Waals surface area contributed by atoms with Crippen LogP contribution < -0.4 is 20.7 Å². The zero-order valence-electron chi connectivity index (χ0n) is 11.0. The van der Waals surface area contributed by atoms with Crippen LogP contribution >= 0.6 is 0 Å². The third kappa shape index (κ3) is 2.97. The number of nitrogens with two attached hydrogens (primary N) is 1. The van der Waals surface area contributed by atoms with Gasteiger partial charge in [0.05, 0.1) is 18.8 Å². The van der Waals surface area contributed by atoms with Gasteiger partial charge >= 0.3 is 0 Å². The number of para-hydroxylation sites is 2. The summed E-state index contributed by atoms with van der Waals surface area (Å²) < 4.78 is 5.49. The van der Waals surface area contributed by atoms with Gasteiger partial charge in [-0.05, 0) is 12.1 Å². The van der Waals surface area contributed by atoms with Crippen LogP contribution in [0.3, 0.4) is 0 Å². The minimum absolute atomic E-state index is 0.126. The van der Waals surface area contributed by atoms with Crippen molar-refractivity contribution in [1.29, 1.82) is 0 Å². The fraction of sp³-hybridized carbons (Fsp3) is 0.286. The molecular formula is C14H17N3O3. The van der Waals surface area contributed by atoms with Gasteiger partial charge in [-0.25, -0.2) is 0 Å². The summed E-state index contributed by atoms with van der Waals surface area (Å²) in [5, 5.41) is 2.94. The molecule has 1 aromatic carbocycles. The van der Waals surface area contributed by atoms with E-state index >= 15 is 0 Å². The van der Waals surface area contributed by atoms with Crippen LogP contribution in [0.15, 0.2) is 36.9 Å². The second-order valence-electron chi connectivity index (χ2n) is 4.40. The number of anilines is 1. The van der Waals surface area contributed by atoms with E-state index in [1.165, 1.54) is 4.90 Å². The first-order valence-corrected chi connectivity index (χ1v) is 6.30. The average molecular weight is 275 g/mol. The Labute approximate surface area is 117 Å². The number of fused-ring (bicyclic) bond motifs is 1. The van der Waals surface area contributed by atoms with Crippen molar-refractivity contribution < 1.29 is 14.3 Å². The van der Waals surface area contributed by atoms with E-state index in [0.717, 1.165) is 0 Å². The molecule has 3 N–H and O–H groups in total. The Hall–Kier alpha value is -2.34. The number of primary amides is 1. The second-order valence-corrected chi connectivity index (χ2v) is 4.40. The number of ether oxygens (including phenoxy) is 1. The van der Waals surface area contributed by atoms with Gasteiger partial charge in [0, 0.05) is 6.54 Å². The Bertz CT molecular complexity index is 530. The minimum Gasteiger partial charge on any atom is -0.477 e. The van der Waals surface area contributed by atoms with Crippen LogP contribution in [0, 0.1) is 0 Å². The predicted octanol–water partition coefficient (Wildman–Crippen LogP) is 0.0415. The summed E-state index contributed by atoms with van der Waals surface area (Å²) in [6.07, 6.45) is 0.848. The van der Waals surface area contributed by atoms with Crippen molar-refractivity contribution in [2.45, 2.75) is 6.10 Å². The number of amides is 2. The molecule has 1 aromatic rings. The molecule has 20 heavy (non-hydrogen) atoms. The monoisotopic (exact) mass is 275 g/mol. The van der Waals surface area contributed by atoms with E-state index in [-0.39, 0.29) is 19.0 Å². The Morgan fingerprint density at radius 3 is 2.95 bits per heavy atom. The lowest BCUT2D eigenvalue weighted by Crippen LogP contribution is -2.51. The number of carbonyl (C=O) groups excluding carboxylic acids is 2. The SMILES string of the molecule is C=CCNCC(=O)N1CC(C(N)=O)Oc2ccccc21. The van der Waals surface area contributed by atoms with Crippen molar-refractivity contribution in [2.75, 3.05) is 24.5 Å². The van der Waals surface area contributed by atoms with Gasteiger partial charge in [-0.3, -0.25) is 9.59 Å². The van der Waals surface area contributed by atoms with Gasteiger partial charge in [-0.1, -0.05) is 18.2 Å². The maximum absolute atomic E-state index is 12.2. The van der Waals surface area contributed by atoms with E-state index in [4.69, 9.17) is 10.5 Å². The first kappa shape index (κ1) is 14.1. The Morgan fingerprint density at radius 2 is 2.25 bits per heavy atom. The molecule has 1 aliphatic rings. The van der Waals surface area contributed by atoms with Gasteiger partial charge in [-0.15, -0.1) is 6.58 Å². The van der Waals surface area contributed by atoms with Gasteiger partial charge in [0.1, 0.15) is 5.75 Å². The van der Waals surface area contributed by atoms with Crippen molar-refractivity contribution in [1.82, 2.24) is 5.32 Å². The van der Waals surface area contributed by atoms with Gasteiger partial charge in [-0.2, -0.15) is 0 Å². The Morgan fingerprint density at radius 1 is 1.50 bits per heavy atom. The lowest BCUT2D eigenvalue weighted by Gasteiger charge is -2.33. The third-order valence-corrected chi connectivity index (χ3v) is 2.96. The van der Waals surface area contributed by atoms with E-state index < -0.39 is 12.0 Å². The molecule has 106 valence electrons. The van der Waals surface area contributed by atoms with Gasteiger partial charge in [0.2, 0.25) is 5.91 Å². The van der Waals surface area contributed by atoms with Gasteiger partial charge in [0.15, 0.2) is 6.10 Å². The number of hydrogen-bond donors (Lipinski definition) is 2. The van der Waals surface area contributed by atoms with Crippen LogP contribution in [0.4, 0.5) is 5.69 Å². The van der Waals surface area contributed by atoms with E-state index in [2.05, 4.69) is 11.9 Å². The fourth-order valence-corrected chi connectivity index (χ4v) is 2.00. The highest BCUT2D eigenvalue weighted by atomic mass is 16.5. The molecule has 6 nitrogen and oxygen atoms in total. The molecule has 0 saturated heterocycles. The van der Waals surface area contributed by atoms with E-state index in [0.29, 0.717) is 18.0 Å². The van der Waals surface area contributed by atoms with E-state index in [9.17, 15) is 9.59 Å². The summed E-state index contributed by atoms with van der Waals surface area (Å²) in [5.41, 5.74) is 5.93. The molecule has 0 radical (unpaired) electrons. The maximum atomic E-state index is 12.2. The van der Waals surface area contributed by atoms with Crippen LogP contribution in [0.1, 0.15) is 0 Å². The standard InChI is InChI=1S/C14H17N3O3/c1-2-7-16-8-13(18)17-9-12(14(15)19)20-11-6-4-3-5-10(11)17/h2-6,12,16H,1,7-9H2,(H2,15,19). The van der Waals surface area contributed by atoms with Crippen molar-refractivity contribution in [3.05, 3.63) is 36.9 Å². The topological polar surface area (TPSA) is 84.7 Å². The zero-order valence-corrected chi connectivity index (χ0v) is 11.0. The summed E-state index contributed by atoms with van der Waals surface area (Å²) >= 11 is 0. The number of benzene rings is 1. The molecule has 0 bridgehead atoms. The molecular weight excluding hydrogens is 258 g/mol. The highest BCUT2D eigenvalue weighted by Gasteiger charge is 2.32. The average Bonchev–Trinajstić information content (AvgIpc) is 2.46.